The molecule has 0 aromatic heterocycles. The molecule has 11 heavy (non-hydrogen) atoms. The molecule has 3 heteroatoms. The molecule has 2 saturated carbocycles. The summed E-state index contributed by atoms with van der Waals surface area (Å²) in [6.45, 7) is 2.23. The lowest BCUT2D eigenvalue weighted by Crippen LogP contribution is -2.48. The number of fused-ring (bicyclic) bond motifs is 1. The molecule has 62 valence electrons. The summed E-state index contributed by atoms with van der Waals surface area (Å²) in [5.74, 6) is -0.363. The fraction of sp³-hybridized carbons (Fsp3) is 1.00. The number of methoxy groups -OCH3 is 1. The van der Waals surface area contributed by atoms with Crippen molar-refractivity contribution in [1.82, 2.24) is 0 Å². The van der Waals surface area contributed by atoms with Gasteiger partial charge in [0.2, 0.25) is 5.79 Å². The Kier molecular flexibility index (Phi) is 0.732. The molecule has 3 unspecified atom stereocenters. The smallest absolute Gasteiger partial charge is 0.219 e. The van der Waals surface area contributed by atoms with Crippen molar-refractivity contribution >= 4 is 0 Å². The van der Waals surface area contributed by atoms with Gasteiger partial charge in [0, 0.05) is 7.11 Å². The van der Waals surface area contributed by atoms with E-state index in [2.05, 4.69) is 6.92 Å². The third kappa shape index (κ3) is 0.406. The van der Waals surface area contributed by atoms with Crippen LogP contribution in [0.4, 0.5) is 0 Å². The zero-order chi connectivity index (χ0) is 7.91. The lowest BCUT2D eigenvalue weighted by molar-refractivity contribution is -0.0762. The second kappa shape index (κ2) is 1.26. The van der Waals surface area contributed by atoms with Crippen LogP contribution in [0.3, 0.4) is 0 Å². The first-order valence-electron chi connectivity index (χ1n) is 4.13. The summed E-state index contributed by atoms with van der Waals surface area (Å²) in [4.78, 5) is 0. The van der Waals surface area contributed by atoms with Crippen LogP contribution in [0.25, 0.3) is 0 Å². The molecule has 1 heterocycles. The van der Waals surface area contributed by atoms with Crippen LogP contribution >= 0.6 is 0 Å². The Morgan fingerprint density at radius 1 is 1.55 bits per heavy atom. The van der Waals surface area contributed by atoms with Crippen molar-refractivity contribution < 1.29 is 9.47 Å². The highest BCUT2D eigenvalue weighted by Gasteiger charge is 2.98. The van der Waals surface area contributed by atoms with E-state index in [9.17, 15) is 0 Å². The van der Waals surface area contributed by atoms with Gasteiger partial charge in [-0.25, -0.2) is 0 Å². The Labute approximate surface area is 65.8 Å². The Bertz CT molecular complexity index is 238. The number of ether oxygens (including phenoxy) is 2. The van der Waals surface area contributed by atoms with Crippen molar-refractivity contribution in [3.63, 3.8) is 0 Å². The molecule has 0 radical (unpaired) electrons. The highest BCUT2D eigenvalue weighted by molar-refractivity contribution is 5.45. The first kappa shape index (κ1) is 6.40. The molecule has 3 rings (SSSR count). The van der Waals surface area contributed by atoms with Crippen molar-refractivity contribution in [3.05, 3.63) is 0 Å². The molecule has 3 nitrogen and oxygen atoms in total. The number of hydrogen-bond donors (Lipinski definition) is 1. The van der Waals surface area contributed by atoms with Crippen LogP contribution in [0.1, 0.15) is 19.8 Å². The van der Waals surface area contributed by atoms with Gasteiger partial charge in [0.25, 0.3) is 0 Å². The fourth-order valence-corrected chi connectivity index (χ4v) is 2.35. The van der Waals surface area contributed by atoms with E-state index >= 15 is 0 Å². The van der Waals surface area contributed by atoms with E-state index in [0.29, 0.717) is 5.41 Å². The van der Waals surface area contributed by atoms with E-state index < -0.39 is 0 Å². The van der Waals surface area contributed by atoms with Gasteiger partial charge in [0.15, 0.2) is 0 Å². The third-order valence-corrected chi connectivity index (χ3v) is 3.79. The lowest BCUT2D eigenvalue weighted by atomic mass is 9.94. The second-order valence-corrected chi connectivity index (χ2v) is 4.30. The summed E-state index contributed by atoms with van der Waals surface area (Å²) in [5, 5.41) is 0. The van der Waals surface area contributed by atoms with Gasteiger partial charge in [-0.3, -0.25) is 0 Å². The van der Waals surface area contributed by atoms with Crippen LogP contribution in [0, 0.1) is 5.41 Å². The lowest BCUT2D eigenvalue weighted by Gasteiger charge is -2.26. The van der Waals surface area contributed by atoms with Crippen molar-refractivity contribution in [3.8, 4) is 0 Å². The molecule has 2 N–H and O–H groups in total. The van der Waals surface area contributed by atoms with Gasteiger partial charge in [0.05, 0.1) is 0 Å². The Balaban J connectivity index is 1.91. The molecular weight excluding hydrogens is 142 g/mol. The normalized spacial score (nSPS) is 61.9. The van der Waals surface area contributed by atoms with Crippen LogP contribution in [-0.4, -0.2) is 24.5 Å². The van der Waals surface area contributed by atoms with Crippen LogP contribution in [0.2, 0.25) is 0 Å². The molecule has 0 amide bonds. The highest BCUT2D eigenvalue weighted by atomic mass is 16.8. The van der Waals surface area contributed by atoms with E-state index in [1.54, 1.807) is 7.11 Å². The van der Waals surface area contributed by atoms with Crippen LogP contribution < -0.4 is 5.73 Å². The molecule has 0 spiro atoms. The van der Waals surface area contributed by atoms with E-state index in [4.69, 9.17) is 15.2 Å². The van der Waals surface area contributed by atoms with E-state index in [1.165, 1.54) is 12.8 Å². The maximum atomic E-state index is 6.17. The van der Waals surface area contributed by atoms with E-state index in [1.807, 2.05) is 0 Å². The minimum atomic E-state index is -0.363. The van der Waals surface area contributed by atoms with Crippen molar-refractivity contribution in [2.75, 3.05) is 7.11 Å². The number of hydrogen-bond acceptors (Lipinski definition) is 3. The summed E-state index contributed by atoms with van der Waals surface area (Å²) < 4.78 is 10.5. The van der Waals surface area contributed by atoms with E-state index in [-0.39, 0.29) is 17.4 Å². The molecule has 3 fully saturated rings. The zero-order valence-electron chi connectivity index (χ0n) is 6.89. The summed E-state index contributed by atoms with van der Waals surface area (Å²) in [6.07, 6.45) is 2.66. The fourth-order valence-electron chi connectivity index (χ4n) is 2.35. The van der Waals surface area contributed by atoms with Crippen molar-refractivity contribution in [1.29, 1.82) is 0 Å². The first-order valence-corrected chi connectivity index (χ1v) is 4.13. The average molecular weight is 155 g/mol. The molecule has 0 bridgehead atoms. The molecule has 2 aliphatic carbocycles. The molecule has 3 aliphatic rings. The van der Waals surface area contributed by atoms with Gasteiger partial charge in [0.1, 0.15) is 11.6 Å². The summed E-state index contributed by atoms with van der Waals surface area (Å²) in [6, 6.07) is 0. The largest absolute Gasteiger partial charge is 0.349 e. The molecule has 0 aromatic rings. The molecular formula is C8H13NO2. The van der Waals surface area contributed by atoms with E-state index in [0.717, 1.165) is 0 Å². The molecule has 1 aliphatic heterocycles. The van der Waals surface area contributed by atoms with Gasteiger partial charge < -0.3 is 15.2 Å². The second-order valence-electron chi connectivity index (χ2n) is 4.30. The van der Waals surface area contributed by atoms with Crippen molar-refractivity contribution in [2.45, 2.75) is 37.2 Å². The molecule has 0 aromatic carbocycles. The standard InChI is InChI=1S/C8H13NO2/c1-6(3-4-6)7(9)5-8(7,10-2)11-5/h5H,3-4,9H2,1-2H3. The van der Waals surface area contributed by atoms with Gasteiger partial charge in [-0.15, -0.1) is 0 Å². The van der Waals surface area contributed by atoms with Gasteiger partial charge in [-0.2, -0.15) is 0 Å². The maximum absolute atomic E-state index is 6.17. The monoisotopic (exact) mass is 155 g/mol. The number of epoxide rings is 1. The van der Waals surface area contributed by atoms with Gasteiger partial charge in [-0.05, 0) is 18.3 Å². The van der Waals surface area contributed by atoms with Crippen LogP contribution in [0.15, 0.2) is 0 Å². The third-order valence-electron chi connectivity index (χ3n) is 3.79. The van der Waals surface area contributed by atoms with Gasteiger partial charge >= 0.3 is 0 Å². The summed E-state index contributed by atoms with van der Waals surface area (Å²) >= 11 is 0. The average Bonchev–Trinajstić information content (AvgIpc) is 2.80. The van der Waals surface area contributed by atoms with Crippen LogP contribution in [-0.2, 0) is 9.47 Å². The minimum absolute atomic E-state index is 0.144. The minimum Gasteiger partial charge on any atom is -0.349 e. The first-order chi connectivity index (χ1) is 5.11. The predicted octanol–water partition coefficient (Wildman–Crippen LogP) is 0.239. The summed E-state index contributed by atoms with van der Waals surface area (Å²) in [7, 11) is 1.68. The van der Waals surface area contributed by atoms with Crippen molar-refractivity contribution in [2.24, 2.45) is 11.1 Å². The topological polar surface area (TPSA) is 47.8 Å². The van der Waals surface area contributed by atoms with Gasteiger partial charge in [-0.1, -0.05) is 6.92 Å². The quantitative estimate of drug-likeness (QED) is 0.581. The summed E-state index contributed by atoms with van der Waals surface area (Å²) in [5.41, 5.74) is 6.34. The molecule has 1 saturated heterocycles. The Morgan fingerprint density at radius 2 is 2.18 bits per heavy atom. The SMILES string of the molecule is COC12OC1C2(N)C1(C)CC1. The predicted molar refractivity (Wildman–Crippen MR) is 38.9 cm³/mol. The number of rotatable bonds is 2. The number of nitrogens with two attached hydrogens (primary N) is 1. The maximum Gasteiger partial charge on any atom is 0.219 e. The Hall–Kier alpha value is -0.120. The molecule has 3 atom stereocenters. The zero-order valence-corrected chi connectivity index (χ0v) is 6.89. The van der Waals surface area contributed by atoms with Crippen LogP contribution in [0.5, 0.6) is 0 Å². The Morgan fingerprint density at radius 3 is 2.45 bits per heavy atom. The highest BCUT2D eigenvalue weighted by Crippen LogP contribution is 2.78.